The Morgan fingerprint density at radius 2 is 1.85 bits per heavy atom. The summed E-state index contributed by atoms with van der Waals surface area (Å²) in [5.74, 6) is 1.88. The van der Waals surface area contributed by atoms with Gasteiger partial charge in [-0.2, -0.15) is 0 Å². The summed E-state index contributed by atoms with van der Waals surface area (Å²) in [6, 6.07) is 1.86. The molecule has 1 aromatic rings. The zero-order valence-corrected chi connectivity index (χ0v) is 19.4. The molecule has 0 aliphatic carbocycles. The summed E-state index contributed by atoms with van der Waals surface area (Å²) in [4.78, 5) is 20.5. The molecule has 154 valence electrons. The lowest BCUT2D eigenvalue weighted by Crippen LogP contribution is -2.47. The molecule has 1 aromatic heterocycles. The van der Waals surface area contributed by atoms with Crippen LogP contribution in [-0.2, 0) is 0 Å². The van der Waals surface area contributed by atoms with Crippen LogP contribution in [0.15, 0.2) is 23.5 Å². The van der Waals surface area contributed by atoms with Crippen molar-refractivity contribution in [3.8, 4) is 0 Å². The highest BCUT2D eigenvalue weighted by molar-refractivity contribution is 14.0. The van der Waals surface area contributed by atoms with Crippen LogP contribution in [-0.4, -0.2) is 85.1 Å². The quantitative estimate of drug-likeness (QED) is 0.249. The maximum atomic E-state index is 4.79. The van der Waals surface area contributed by atoms with Crippen LogP contribution in [0.5, 0.6) is 0 Å². The molecule has 1 N–H and O–H groups in total. The SMILES string of the molecule is CCCCN(C)C(=NCCCN1CCN(c2ncccn2)CC1)NCC.I. The topological polar surface area (TPSA) is 59.9 Å². The number of hydrogen-bond acceptors (Lipinski definition) is 5. The first kappa shape index (κ1) is 23.9. The van der Waals surface area contributed by atoms with E-state index in [1.807, 2.05) is 18.5 Å². The van der Waals surface area contributed by atoms with E-state index in [9.17, 15) is 0 Å². The van der Waals surface area contributed by atoms with Crippen LogP contribution in [0, 0.1) is 0 Å². The Balaban J connectivity index is 0.00000364. The fourth-order valence-corrected chi connectivity index (χ4v) is 3.08. The van der Waals surface area contributed by atoms with E-state index in [4.69, 9.17) is 4.99 Å². The molecular weight excluding hydrogens is 453 g/mol. The van der Waals surface area contributed by atoms with E-state index >= 15 is 0 Å². The molecule has 2 rings (SSSR count). The first-order chi connectivity index (χ1) is 12.7. The van der Waals surface area contributed by atoms with Crippen molar-refractivity contribution in [2.24, 2.45) is 4.99 Å². The van der Waals surface area contributed by atoms with Gasteiger partial charge in [-0.05, 0) is 25.8 Å². The third kappa shape index (κ3) is 8.59. The van der Waals surface area contributed by atoms with Gasteiger partial charge in [0.25, 0.3) is 0 Å². The molecule has 0 spiro atoms. The van der Waals surface area contributed by atoms with Crippen LogP contribution in [0.1, 0.15) is 33.1 Å². The lowest BCUT2D eigenvalue weighted by atomic mass is 10.3. The molecular formula is C19H36IN7. The molecule has 27 heavy (non-hydrogen) atoms. The van der Waals surface area contributed by atoms with Crippen molar-refractivity contribution in [1.29, 1.82) is 0 Å². The Morgan fingerprint density at radius 1 is 1.15 bits per heavy atom. The summed E-state index contributed by atoms with van der Waals surface area (Å²) in [6.07, 6.45) is 7.14. The number of hydrogen-bond donors (Lipinski definition) is 1. The number of nitrogens with zero attached hydrogens (tertiary/aromatic N) is 6. The molecule has 1 aliphatic rings. The minimum atomic E-state index is 0. The van der Waals surface area contributed by atoms with Crippen LogP contribution >= 0.6 is 24.0 Å². The maximum Gasteiger partial charge on any atom is 0.225 e. The predicted molar refractivity (Wildman–Crippen MR) is 124 cm³/mol. The van der Waals surface area contributed by atoms with Gasteiger partial charge >= 0.3 is 0 Å². The van der Waals surface area contributed by atoms with Crippen LogP contribution < -0.4 is 10.2 Å². The molecule has 0 atom stereocenters. The highest BCUT2D eigenvalue weighted by Crippen LogP contribution is 2.09. The van der Waals surface area contributed by atoms with Gasteiger partial charge in [0.1, 0.15) is 0 Å². The molecule has 0 bridgehead atoms. The van der Waals surface area contributed by atoms with Crippen molar-refractivity contribution in [1.82, 2.24) is 25.1 Å². The average molecular weight is 489 g/mol. The molecule has 7 nitrogen and oxygen atoms in total. The Bertz CT molecular complexity index is 518. The second-order valence-corrected chi connectivity index (χ2v) is 6.74. The van der Waals surface area contributed by atoms with Crippen LogP contribution in [0.4, 0.5) is 5.95 Å². The standard InChI is InChI=1S/C19H35N7.HI/c1-4-6-12-24(3)18(20-5-2)21-11-8-13-25-14-16-26(17-15-25)19-22-9-7-10-23-19;/h7,9-10H,4-6,8,11-17H2,1-3H3,(H,20,21);1H. The smallest absolute Gasteiger partial charge is 0.225 e. The van der Waals surface area contributed by atoms with Gasteiger partial charge < -0.3 is 15.1 Å². The molecule has 0 amide bonds. The van der Waals surface area contributed by atoms with Gasteiger partial charge in [0.05, 0.1) is 0 Å². The summed E-state index contributed by atoms with van der Waals surface area (Å²) < 4.78 is 0. The minimum Gasteiger partial charge on any atom is -0.357 e. The summed E-state index contributed by atoms with van der Waals surface area (Å²) in [5.41, 5.74) is 0. The first-order valence-electron chi connectivity index (χ1n) is 9.98. The summed E-state index contributed by atoms with van der Waals surface area (Å²) in [5, 5.41) is 3.40. The number of guanidine groups is 1. The largest absolute Gasteiger partial charge is 0.357 e. The second-order valence-electron chi connectivity index (χ2n) is 6.74. The van der Waals surface area contributed by atoms with E-state index in [-0.39, 0.29) is 24.0 Å². The van der Waals surface area contributed by atoms with Crippen LogP contribution in [0.3, 0.4) is 0 Å². The normalized spacial score (nSPS) is 15.4. The third-order valence-corrected chi connectivity index (χ3v) is 4.64. The molecule has 0 radical (unpaired) electrons. The highest BCUT2D eigenvalue weighted by atomic mass is 127. The van der Waals surface area contributed by atoms with Crippen molar-refractivity contribution in [3.63, 3.8) is 0 Å². The van der Waals surface area contributed by atoms with E-state index in [2.05, 4.69) is 50.9 Å². The third-order valence-electron chi connectivity index (χ3n) is 4.64. The highest BCUT2D eigenvalue weighted by Gasteiger charge is 2.18. The molecule has 2 heterocycles. The number of aromatic nitrogens is 2. The number of rotatable bonds is 9. The van der Waals surface area contributed by atoms with Gasteiger partial charge in [0, 0.05) is 71.8 Å². The Kier molecular flexibility index (Phi) is 12.3. The number of piperazine rings is 1. The van der Waals surface area contributed by atoms with Crippen molar-refractivity contribution in [2.75, 3.05) is 64.3 Å². The Morgan fingerprint density at radius 3 is 2.48 bits per heavy atom. The molecule has 0 unspecified atom stereocenters. The molecule has 8 heteroatoms. The molecule has 0 saturated carbocycles. The minimum absolute atomic E-state index is 0. The predicted octanol–water partition coefficient (Wildman–Crippen LogP) is 2.30. The monoisotopic (exact) mass is 489 g/mol. The van der Waals surface area contributed by atoms with Gasteiger partial charge in [-0.15, -0.1) is 24.0 Å². The van der Waals surface area contributed by atoms with Gasteiger partial charge in [0.2, 0.25) is 5.95 Å². The summed E-state index contributed by atoms with van der Waals surface area (Å²) >= 11 is 0. The number of halogens is 1. The molecule has 0 aromatic carbocycles. The lowest BCUT2D eigenvalue weighted by molar-refractivity contribution is 0.255. The van der Waals surface area contributed by atoms with Crippen molar-refractivity contribution >= 4 is 35.9 Å². The fourth-order valence-electron chi connectivity index (χ4n) is 3.08. The molecule has 1 fully saturated rings. The summed E-state index contributed by atoms with van der Waals surface area (Å²) in [7, 11) is 2.13. The van der Waals surface area contributed by atoms with Crippen molar-refractivity contribution < 1.29 is 0 Å². The van der Waals surface area contributed by atoms with Gasteiger partial charge in [-0.1, -0.05) is 13.3 Å². The number of unbranched alkanes of at least 4 members (excludes halogenated alkanes) is 1. The van der Waals surface area contributed by atoms with Crippen LogP contribution in [0.2, 0.25) is 0 Å². The molecule has 1 aliphatic heterocycles. The first-order valence-corrected chi connectivity index (χ1v) is 9.98. The van der Waals surface area contributed by atoms with Crippen LogP contribution in [0.25, 0.3) is 0 Å². The second kappa shape index (κ2) is 13.9. The Labute approximate surface area is 181 Å². The zero-order chi connectivity index (χ0) is 18.6. The van der Waals surface area contributed by atoms with Gasteiger partial charge in [-0.3, -0.25) is 9.89 Å². The van der Waals surface area contributed by atoms with E-state index in [1.54, 1.807) is 0 Å². The Hall–Kier alpha value is -1.16. The van der Waals surface area contributed by atoms with E-state index < -0.39 is 0 Å². The van der Waals surface area contributed by atoms with E-state index in [0.717, 1.165) is 70.7 Å². The number of anilines is 1. The fraction of sp³-hybridized carbons (Fsp3) is 0.737. The summed E-state index contributed by atoms with van der Waals surface area (Å²) in [6.45, 7) is 12.4. The number of nitrogens with one attached hydrogen (secondary N) is 1. The van der Waals surface area contributed by atoms with Crippen molar-refractivity contribution in [2.45, 2.75) is 33.1 Å². The molecule has 1 saturated heterocycles. The lowest BCUT2D eigenvalue weighted by Gasteiger charge is -2.34. The van der Waals surface area contributed by atoms with E-state index in [0.29, 0.717) is 0 Å². The van der Waals surface area contributed by atoms with E-state index in [1.165, 1.54) is 12.8 Å². The number of aliphatic imine (C=N–C) groups is 1. The van der Waals surface area contributed by atoms with Gasteiger partial charge in [0.15, 0.2) is 5.96 Å². The van der Waals surface area contributed by atoms with Crippen molar-refractivity contribution in [3.05, 3.63) is 18.5 Å². The average Bonchev–Trinajstić information content (AvgIpc) is 2.69. The van der Waals surface area contributed by atoms with Gasteiger partial charge in [-0.25, -0.2) is 9.97 Å². The zero-order valence-electron chi connectivity index (χ0n) is 17.1. The maximum absolute atomic E-state index is 4.79.